The maximum Gasteiger partial charge on any atom is 0.334 e. The summed E-state index contributed by atoms with van der Waals surface area (Å²) in [5.74, 6) is 0.944. The Balaban J connectivity index is 1.38. The number of aliphatic hydroxyl groups is 2. The molecule has 6 N–H and O–H groups in total. The third-order valence-corrected chi connectivity index (χ3v) is 13.4. The molecule has 3 saturated carbocycles. The zero-order valence-electron chi connectivity index (χ0n) is 28.7. The van der Waals surface area contributed by atoms with Gasteiger partial charge in [0, 0.05) is 49.6 Å². The van der Waals surface area contributed by atoms with E-state index in [9.17, 15) is 20.1 Å². The lowest BCUT2D eigenvalue weighted by atomic mass is 9.46. The van der Waals surface area contributed by atoms with Crippen LogP contribution in [0.25, 0.3) is 0 Å². The molecule has 3 fully saturated rings. The number of aliphatic hydroxyl groups excluding tert-OH is 1. The monoisotopic (exact) mass is 650 g/mol. The molecule has 1 aliphatic heterocycles. The summed E-state index contributed by atoms with van der Waals surface area (Å²) in [5.41, 5.74) is 5.06. The number of carbonyl (C=O) groups is 1. The van der Waals surface area contributed by atoms with Crippen molar-refractivity contribution in [2.75, 3.05) is 39.9 Å². The second kappa shape index (κ2) is 13.8. The second-order valence-electron chi connectivity index (χ2n) is 15.5. The molecule has 0 aromatic rings. The van der Waals surface area contributed by atoms with Gasteiger partial charge in [-0.25, -0.2) is 4.79 Å². The Kier molecular flexibility index (Phi) is 10.1. The first kappa shape index (κ1) is 34.4. The van der Waals surface area contributed by atoms with Gasteiger partial charge in [-0.1, -0.05) is 63.5 Å². The zero-order chi connectivity index (χ0) is 33.4. The minimum atomic E-state index is -1.60. The van der Waals surface area contributed by atoms with E-state index in [-0.39, 0.29) is 54.0 Å². The van der Waals surface area contributed by atoms with Gasteiger partial charge >= 0.3 is 5.97 Å². The van der Waals surface area contributed by atoms with E-state index < -0.39 is 17.0 Å². The fraction of sp³-hybridized carbons (Fsp3) is 0.737. The van der Waals surface area contributed by atoms with Crippen molar-refractivity contribution in [3.8, 4) is 0 Å². The minimum Gasteiger partial charge on any atom is -0.478 e. The Morgan fingerprint density at radius 3 is 2.72 bits per heavy atom. The Bertz CT molecular complexity index is 1320. The third-order valence-electron chi connectivity index (χ3n) is 13.4. The highest BCUT2D eigenvalue weighted by Crippen LogP contribution is 2.77. The summed E-state index contributed by atoms with van der Waals surface area (Å²) in [4.78, 5) is 19.7. The summed E-state index contributed by atoms with van der Waals surface area (Å²) >= 11 is 0. The number of fused-ring (bicyclic) bond motifs is 1. The van der Waals surface area contributed by atoms with Crippen molar-refractivity contribution >= 4 is 11.9 Å². The van der Waals surface area contributed by atoms with Gasteiger partial charge in [-0.15, -0.1) is 0 Å². The molecule has 10 unspecified atom stereocenters. The van der Waals surface area contributed by atoms with Crippen molar-refractivity contribution in [3.63, 3.8) is 0 Å². The van der Waals surface area contributed by atoms with Gasteiger partial charge in [0.15, 0.2) is 5.96 Å². The van der Waals surface area contributed by atoms with Crippen LogP contribution in [0.4, 0.5) is 0 Å². The SMILES string of the molecule is CCCCCC1CCC2C=CC=CC2C1OCC1(O)CC23C(=C1C(=O)O)CC(CCC2C)C31CN(C(N)=NC)C=CC1CNCCO. The molecule has 2 spiro atoms. The molecule has 0 aromatic carbocycles. The van der Waals surface area contributed by atoms with Crippen molar-refractivity contribution < 1.29 is 24.9 Å². The number of aliphatic carboxylic acids is 1. The largest absolute Gasteiger partial charge is 0.478 e. The van der Waals surface area contributed by atoms with Crippen LogP contribution in [0, 0.1) is 46.3 Å². The number of nitrogens with zero attached hydrogens (tertiary/aromatic N) is 2. The molecule has 5 aliphatic carbocycles. The van der Waals surface area contributed by atoms with Gasteiger partial charge in [-0.3, -0.25) is 4.99 Å². The quantitative estimate of drug-likeness (QED) is 0.117. The number of nitrogens with one attached hydrogen (secondary N) is 1. The number of ether oxygens (including phenoxy) is 1. The predicted molar refractivity (Wildman–Crippen MR) is 184 cm³/mol. The Labute approximate surface area is 281 Å². The smallest absolute Gasteiger partial charge is 0.334 e. The summed E-state index contributed by atoms with van der Waals surface area (Å²) in [6.45, 7) is 6.31. The first-order chi connectivity index (χ1) is 22.7. The van der Waals surface area contributed by atoms with E-state index in [4.69, 9.17) is 10.5 Å². The van der Waals surface area contributed by atoms with E-state index in [0.717, 1.165) is 44.1 Å². The minimum absolute atomic E-state index is 0.00535. The first-order valence-corrected chi connectivity index (χ1v) is 18.3. The fourth-order valence-corrected chi connectivity index (χ4v) is 11.4. The average Bonchev–Trinajstić information content (AvgIpc) is 3.41. The Morgan fingerprint density at radius 2 is 1.98 bits per heavy atom. The number of carboxylic acids is 1. The van der Waals surface area contributed by atoms with Crippen LogP contribution in [0.3, 0.4) is 0 Å². The number of nitrogens with two attached hydrogens (primary N) is 1. The van der Waals surface area contributed by atoms with E-state index in [1.54, 1.807) is 7.05 Å². The summed E-state index contributed by atoms with van der Waals surface area (Å²) in [6, 6.07) is 0. The standard InChI is InChI=1S/C38H58N4O5/c1-4-5-6-10-27-14-13-26-9-7-8-11-30(26)33(27)47-24-36(46)22-37-25(2)12-15-28(20-31(37)32(36)34(44)45)38(37)23-42(35(39)40-3)18-16-29(38)21-41-17-19-43/h7-9,11,16,18,25-30,33,41,43,46H,4-6,10,12-15,17,19-24H2,1-3H3,(H2,39,40)(H,44,45). The second-order valence-corrected chi connectivity index (χ2v) is 15.5. The molecule has 9 heteroatoms. The topological polar surface area (TPSA) is 141 Å². The zero-order valence-corrected chi connectivity index (χ0v) is 28.7. The Morgan fingerprint density at radius 1 is 1.17 bits per heavy atom. The fourth-order valence-electron chi connectivity index (χ4n) is 11.4. The summed E-state index contributed by atoms with van der Waals surface area (Å²) in [7, 11) is 1.70. The van der Waals surface area contributed by atoms with Gasteiger partial charge in [-0.2, -0.15) is 0 Å². The highest BCUT2D eigenvalue weighted by molar-refractivity contribution is 5.92. The van der Waals surface area contributed by atoms with Crippen LogP contribution >= 0.6 is 0 Å². The van der Waals surface area contributed by atoms with Crippen LogP contribution in [-0.4, -0.2) is 83.7 Å². The van der Waals surface area contributed by atoms with E-state index >= 15 is 0 Å². The predicted octanol–water partition coefficient (Wildman–Crippen LogP) is 4.63. The van der Waals surface area contributed by atoms with Crippen molar-refractivity contribution in [1.82, 2.24) is 10.2 Å². The molecular formula is C38H58N4O5. The normalized spacial score (nSPS) is 40.7. The molecule has 1 heterocycles. The molecule has 9 nitrogen and oxygen atoms in total. The number of rotatable bonds is 12. The average molecular weight is 651 g/mol. The lowest BCUT2D eigenvalue weighted by Gasteiger charge is -2.61. The van der Waals surface area contributed by atoms with Crippen LogP contribution in [0.2, 0.25) is 0 Å². The molecule has 6 rings (SSSR count). The van der Waals surface area contributed by atoms with Crippen LogP contribution in [0.5, 0.6) is 0 Å². The van der Waals surface area contributed by atoms with Gasteiger partial charge in [0.05, 0.1) is 24.9 Å². The number of hydrogen-bond acceptors (Lipinski definition) is 6. The molecule has 0 radical (unpaired) electrons. The van der Waals surface area contributed by atoms with Crippen molar-refractivity contribution in [1.29, 1.82) is 0 Å². The van der Waals surface area contributed by atoms with Crippen molar-refractivity contribution in [3.05, 3.63) is 47.7 Å². The molecule has 0 aromatic heterocycles. The maximum atomic E-state index is 13.4. The van der Waals surface area contributed by atoms with E-state index in [1.165, 1.54) is 12.8 Å². The summed E-state index contributed by atoms with van der Waals surface area (Å²) in [5, 5.41) is 36.8. The Hall–Kier alpha value is -2.46. The van der Waals surface area contributed by atoms with Gasteiger partial charge in [0.2, 0.25) is 0 Å². The summed E-state index contributed by atoms with van der Waals surface area (Å²) in [6.07, 6.45) is 22.9. The van der Waals surface area contributed by atoms with Gasteiger partial charge in [-0.05, 0) is 80.1 Å². The van der Waals surface area contributed by atoms with Crippen molar-refractivity contribution in [2.45, 2.75) is 89.8 Å². The van der Waals surface area contributed by atoms with Crippen molar-refractivity contribution in [2.24, 2.45) is 57.1 Å². The van der Waals surface area contributed by atoms with Crippen LogP contribution in [0.1, 0.15) is 78.1 Å². The number of allylic oxidation sites excluding steroid dienone is 4. The van der Waals surface area contributed by atoms with Gasteiger partial charge < -0.3 is 36.0 Å². The lowest BCUT2D eigenvalue weighted by molar-refractivity contribution is -0.148. The van der Waals surface area contributed by atoms with Crippen LogP contribution in [0.15, 0.2) is 52.7 Å². The van der Waals surface area contributed by atoms with Gasteiger partial charge in [0.25, 0.3) is 0 Å². The lowest BCUT2D eigenvalue weighted by Crippen LogP contribution is -2.62. The highest BCUT2D eigenvalue weighted by atomic mass is 16.5. The molecule has 2 bridgehead atoms. The molecule has 47 heavy (non-hydrogen) atoms. The van der Waals surface area contributed by atoms with E-state index in [1.807, 2.05) is 11.1 Å². The number of unbranched alkanes of at least 4 members (excludes halogenated alkanes) is 2. The number of hydrogen-bond donors (Lipinski definition) is 5. The van der Waals surface area contributed by atoms with E-state index in [2.05, 4.69) is 54.5 Å². The molecule has 6 aliphatic rings. The highest BCUT2D eigenvalue weighted by Gasteiger charge is 2.75. The third kappa shape index (κ3) is 5.63. The number of guanidine groups is 1. The van der Waals surface area contributed by atoms with E-state index in [0.29, 0.717) is 50.3 Å². The van der Waals surface area contributed by atoms with Crippen LogP contribution < -0.4 is 11.1 Å². The maximum absolute atomic E-state index is 13.4. The molecule has 10 atom stereocenters. The number of carboxylic acid groups (broad SMARTS) is 1. The first-order valence-electron chi connectivity index (χ1n) is 18.3. The molecule has 0 saturated heterocycles. The van der Waals surface area contributed by atoms with Crippen LogP contribution in [-0.2, 0) is 9.53 Å². The van der Waals surface area contributed by atoms with Gasteiger partial charge in [0.1, 0.15) is 5.60 Å². The number of aliphatic imine (C=N–C) groups is 1. The molecule has 0 amide bonds. The summed E-state index contributed by atoms with van der Waals surface area (Å²) < 4.78 is 6.92. The molecule has 260 valence electrons. The molecular weight excluding hydrogens is 592 g/mol.